The van der Waals surface area contributed by atoms with E-state index in [1.165, 1.54) is 17.2 Å². The average molecular weight is 433 g/mol. The Bertz CT molecular complexity index is 702. The molecule has 0 saturated heterocycles. The number of phenolic OH excluding ortho intramolecular Hbond substituents is 1. The standard InChI is InChI=1S/C28H52OSi/c1-24(2,3)21-19-23(29)22(25(4,5)6)18-20(21)16-17-30(26(7,8)9,27(10,11)12)28(13,14)15/h18-19,29H,16-17H2,1-15H3. The summed E-state index contributed by atoms with van der Waals surface area (Å²) in [5.74, 6) is 0.446. The second-order valence-corrected chi connectivity index (χ2v) is 21.5. The Labute approximate surface area is 190 Å². The molecule has 0 aromatic heterocycles. The van der Waals surface area contributed by atoms with Crippen molar-refractivity contribution in [1.82, 2.24) is 0 Å². The Morgan fingerprint density at radius 1 is 0.600 bits per heavy atom. The highest BCUT2D eigenvalue weighted by Crippen LogP contribution is 2.64. The molecule has 1 N–H and O–H groups in total. The Morgan fingerprint density at radius 3 is 1.27 bits per heavy atom. The number of aromatic hydroxyl groups is 1. The maximum atomic E-state index is 10.8. The Kier molecular flexibility index (Phi) is 7.25. The van der Waals surface area contributed by atoms with Crippen molar-refractivity contribution in [2.24, 2.45) is 0 Å². The van der Waals surface area contributed by atoms with Gasteiger partial charge in [0, 0.05) is 0 Å². The molecule has 0 fully saturated rings. The van der Waals surface area contributed by atoms with Gasteiger partial charge < -0.3 is 5.11 Å². The minimum Gasteiger partial charge on any atom is -0.508 e. The molecule has 0 radical (unpaired) electrons. The van der Waals surface area contributed by atoms with E-state index in [2.05, 4.69) is 116 Å². The summed E-state index contributed by atoms with van der Waals surface area (Å²) in [5.41, 5.74) is 3.74. The van der Waals surface area contributed by atoms with Crippen LogP contribution in [0, 0.1) is 0 Å². The first kappa shape index (κ1) is 27.3. The molecule has 0 bridgehead atoms. The van der Waals surface area contributed by atoms with Crippen molar-refractivity contribution in [2.75, 3.05) is 0 Å². The third-order valence-corrected chi connectivity index (χ3v) is 16.1. The van der Waals surface area contributed by atoms with E-state index in [1.54, 1.807) is 0 Å². The van der Waals surface area contributed by atoms with E-state index in [4.69, 9.17) is 0 Å². The van der Waals surface area contributed by atoms with Crippen molar-refractivity contribution in [1.29, 1.82) is 0 Å². The number of hydrogen-bond donors (Lipinski definition) is 1. The fourth-order valence-corrected chi connectivity index (χ4v) is 16.6. The first-order valence-corrected chi connectivity index (χ1v) is 14.0. The highest BCUT2D eigenvalue weighted by Gasteiger charge is 2.58. The summed E-state index contributed by atoms with van der Waals surface area (Å²) in [5, 5.41) is 11.7. The number of phenols is 1. The van der Waals surface area contributed by atoms with Crippen LogP contribution in [0.2, 0.25) is 21.2 Å². The molecule has 0 atom stereocenters. The molecule has 0 saturated carbocycles. The van der Waals surface area contributed by atoms with E-state index < -0.39 is 8.07 Å². The molecule has 0 unspecified atom stereocenters. The average Bonchev–Trinajstić information content (AvgIpc) is 2.41. The lowest BCUT2D eigenvalue weighted by Crippen LogP contribution is -2.58. The van der Waals surface area contributed by atoms with Gasteiger partial charge in [-0.15, -0.1) is 0 Å². The lowest BCUT2D eigenvalue weighted by Gasteiger charge is -2.60. The Hall–Kier alpha value is -0.763. The van der Waals surface area contributed by atoms with Crippen LogP contribution in [0.4, 0.5) is 0 Å². The molecule has 0 aliphatic rings. The second-order valence-electron chi connectivity index (χ2n) is 14.7. The van der Waals surface area contributed by atoms with Crippen molar-refractivity contribution >= 4 is 8.07 Å². The molecule has 1 aromatic rings. The lowest BCUT2D eigenvalue weighted by molar-refractivity contribution is 0.442. The van der Waals surface area contributed by atoms with Crippen LogP contribution in [-0.4, -0.2) is 13.2 Å². The van der Waals surface area contributed by atoms with Crippen LogP contribution in [0.3, 0.4) is 0 Å². The third-order valence-electron chi connectivity index (χ3n) is 7.45. The van der Waals surface area contributed by atoms with Crippen LogP contribution in [-0.2, 0) is 17.3 Å². The fraction of sp³-hybridized carbons (Fsp3) is 0.786. The Morgan fingerprint density at radius 2 is 0.967 bits per heavy atom. The van der Waals surface area contributed by atoms with E-state index in [0.717, 1.165) is 12.0 Å². The number of hydrogen-bond acceptors (Lipinski definition) is 1. The van der Waals surface area contributed by atoms with E-state index in [1.807, 2.05) is 0 Å². The molecule has 30 heavy (non-hydrogen) atoms. The van der Waals surface area contributed by atoms with E-state index in [9.17, 15) is 5.11 Å². The smallest absolute Gasteiger partial charge is 0.119 e. The molecule has 1 aromatic carbocycles. The van der Waals surface area contributed by atoms with E-state index in [-0.39, 0.29) is 10.8 Å². The zero-order chi connectivity index (χ0) is 24.1. The van der Waals surface area contributed by atoms with Gasteiger partial charge in [-0.1, -0.05) is 116 Å². The van der Waals surface area contributed by atoms with Gasteiger partial charge >= 0.3 is 0 Å². The quantitative estimate of drug-likeness (QED) is 0.471. The largest absolute Gasteiger partial charge is 0.508 e. The molecule has 0 heterocycles. The summed E-state index contributed by atoms with van der Waals surface area (Å²) in [7, 11) is -1.80. The highest BCUT2D eigenvalue weighted by molar-refractivity contribution is 6.87. The molecule has 0 spiro atoms. The number of rotatable bonds is 3. The molecule has 1 nitrogen and oxygen atoms in total. The first-order chi connectivity index (χ1) is 13.0. The predicted octanol–water partition coefficient (Wildman–Crippen LogP) is 9.38. The first-order valence-electron chi connectivity index (χ1n) is 11.8. The summed E-state index contributed by atoms with van der Waals surface area (Å²) < 4.78 is 0. The maximum Gasteiger partial charge on any atom is 0.119 e. The van der Waals surface area contributed by atoms with Crippen LogP contribution in [0.15, 0.2) is 12.1 Å². The second kappa shape index (κ2) is 7.98. The van der Waals surface area contributed by atoms with Crippen molar-refractivity contribution < 1.29 is 5.11 Å². The van der Waals surface area contributed by atoms with Crippen LogP contribution in [0.1, 0.15) is 121 Å². The maximum absolute atomic E-state index is 10.8. The summed E-state index contributed by atoms with van der Waals surface area (Å²) in [6.07, 6.45) is 1.09. The molecule has 0 aliphatic carbocycles. The normalized spacial score (nSPS) is 14.9. The predicted molar refractivity (Wildman–Crippen MR) is 139 cm³/mol. The van der Waals surface area contributed by atoms with Gasteiger partial charge in [0.25, 0.3) is 0 Å². The molecule has 1 rings (SSSR count). The minimum atomic E-state index is -1.80. The molecule has 0 amide bonds. The summed E-state index contributed by atoms with van der Waals surface area (Å²) in [6, 6.07) is 5.65. The summed E-state index contributed by atoms with van der Waals surface area (Å²) in [6.45, 7) is 35.7. The van der Waals surface area contributed by atoms with E-state index in [0.29, 0.717) is 20.9 Å². The molecule has 2 heteroatoms. The van der Waals surface area contributed by atoms with Crippen molar-refractivity contribution in [3.8, 4) is 5.75 Å². The van der Waals surface area contributed by atoms with Gasteiger partial charge in [-0.25, -0.2) is 0 Å². The van der Waals surface area contributed by atoms with Crippen molar-refractivity contribution in [3.63, 3.8) is 0 Å². The minimum absolute atomic E-state index is 0.0125. The summed E-state index contributed by atoms with van der Waals surface area (Å²) in [4.78, 5) is 0. The van der Waals surface area contributed by atoms with Crippen molar-refractivity contribution in [3.05, 3.63) is 28.8 Å². The van der Waals surface area contributed by atoms with Gasteiger partial charge in [0.05, 0.1) is 8.07 Å². The van der Waals surface area contributed by atoms with Crippen LogP contribution in [0.25, 0.3) is 0 Å². The molecular formula is C28H52OSi. The van der Waals surface area contributed by atoms with E-state index >= 15 is 0 Å². The van der Waals surface area contributed by atoms with Crippen molar-refractivity contribution in [2.45, 2.75) is 142 Å². The van der Waals surface area contributed by atoms with Gasteiger partial charge in [0.15, 0.2) is 0 Å². The number of aryl methyl sites for hydroxylation is 1. The van der Waals surface area contributed by atoms with Gasteiger partial charge in [-0.3, -0.25) is 0 Å². The highest BCUT2D eigenvalue weighted by atomic mass is 28.3. The van der Waals surface area contributed by atoms with Gasteiger partial charge in [-0.2, -0.15) is 0 Å². The Balaban J connectivity index is 3.71. The van der Waals surface area contributed by atoms with Gasteiger partial charge in [-0.05, 0) is 55.1 Å². The third kappa shape index (κ3) is 5.17. The molecule has 174 valence electrons. The zero-order valence-corrected chi connectivity index (χ0v) is 24.0. The number of benzene rings is 1. The van der Waals surface area contributed by atoms with Gasteiger partial charge in [0.2, 0.25) is 0 Å². The van der Waals surface area contributed by atoms with Crippen LogP contribution in [0.5, 0.6) is 5.75 Å². The van der Waals surface area contributed by atoms with Crippen LogP contribution >= 0.6 is 0 Å². The monoisotopic (exact) mass is 432 g/mol. The SMILES string of the molecule is CC(C)(C)c1cc(CC[Si](C(C)(C)C)(C(C)(C)C)C(C)(C)C)c(C(C)(C)C)cc1O. The fourth-order valence-electron chi connectivity index (χ4n) is 6.96. The molecular weight excluding hydrogens is 380 g/mol. The summed E-state index contributed by atoms with van der Waals surface area (Å²) >= 11 is 0. The lowest BCUT2D eigenvalue weighted by atomic mass is 9.78. The topological polar surface area (TPSA) is 20.2 Å². The van der Waals surface area contributed by atoms with Gasteiger partial charge in [0.1, 0.15) is 5.75 Å². The molecule has 0 aliphatic heterocycles. The zero-order valence-electron chi connectivity index (χ0n) is 23.0. The van der Waals surface area contributed by atoms with Crippen LogP contribution < -0.4 is 0 Å².